The number of furan rings is 1. The fourth-order valence-corrected chi connectivity index (χ4v) is 2.71. The van der Waals surface area contributed by atoms with Crippen molar-refractivity contribution in [3.05, 3.63) is 47.2 Å². The van der Waals surface area contributed by atoms with E-state index in [-0.39, 0.29) is 0 Å². The molecule has 1 saturated heterocycles. The number of para-hydroxylation sites is 1. The molecule has 0 amide bonds. The monoisotopic (exact) mass is 290 g/mol. The van der Waals surface area contributed by atoms with Gasteiger partial charge in [-0.2, -0.15) is 0 Å². The fraction of sp³-hybridized carbons (Fsp3) is 0.267. The van der Waals surface area contributed by atoms with Crippen molar-refractivity contribution in [3.8, 4) is 0 Å². The highest BCUT2D eigenvalue weighted by atomic mass is 35.5. The van der Waals surface area contributed by atoms with Crippen LogP contribution in [0.3, 0.4) is 0 Å². The number of piperazine rings is 1. The molecule has 1 aromatic heterocycles. The van der Waals surface area contributed by atoms with Gasteiger partial charge < -0.3 is 14.2 Å². The van der Waals surface area contributed by atoms with Crippen LogP contribution in [0.2, 0.25) is 5.02 Å². The lowest BCUT2D eigenvalue weighted by Gasteiger charge is -2.36. The molecule has 20 heavy (non-hydrogen) atoms. The average molecular weight is 291 g/mol. The Hall–Kier alpha value is -1.94. The number of aldehydes is 1. The molecule has 1 fully saturated rings. The van der Waals surface area contributed by atoms with Gasteiger partial charge in [0.2, 0.25) is 0 Å². The first-order valence-corrected chi connectivity index (χ1v) is 6.95. The molecule has 1 aliphatic heterocycles. The van der Waals surface area contributed by atoms with Gasteiger partial charge in [0.15, 0.2) is 17.9 Å². The van der Waals surface area contributed by atoms with Gasteiger partial charge in [-0.15, -0.1) is 0 Å². The third kappa shape index (κ3) is 2.51. The van der Waals surface area contributed by atoms with Crippen molar-refractivity contribution >= 4 is 29.5 Å². The lowest BCUT2D eigenvalue weighted by Crippen LogP contribution is -2.46. The van der Waals surface area contributed by atoms with Crippen molar-refractivity contribution in [1.29, 1.82) is 0 Å². The Morgan fingerprint density at radius 1 is 1.00 bits per heavy atom. The van der Waals surface area contributed by atoms with Crippen LogP contribution in [-0.2, 0) is 0 Å². The molecule has 0 N–H and O–H groups in total. The van der Waals surface area contributed by atoms with Crippen LogP contribution in [0, 0.1) is 0 Å². The minimum absolute atomic E-state index is 0.369. The van der Waals surface area contributed by atoms with E-state index < -0.39 is 0 Å². The van der Waals surface area contributed by atoms with Gasteiger partial charge >= 0.3 is 0 Å². The van der Waals surface area contributed by atoms with Crippen LogP contribution in [0.4, 0.5) is 11.6 Å². The number of halogens is 1. The summed E-state index contributed by atoms with van der Waals surface area (Å²) >= 11 is 6.22. The number of carbonyl (C=O) groups is 1. The maximum atomic E-state index is 10.6. The van der Waals surface area contributed by atoms with Crippen LogP contribution in [0.1, 0.15) is 10.6 Å². The molecule has 0 radical (unpaired) electrons. The fourth-order valence-electron chi connectivity index (χ4n) is 2.45. The predicted octanol–water partition coefficient (Wildman–Crippen LogP) is 3.07. The average Bonchev–Trinajstić information content (AvgIpc) is 2.97. The Labute approximate surface area is 122 Å². The van der Waals surface area contributed by atoms with E-state index in [1.165, 1.54) is 0 Å². The van der Waals surface area contributed by atoms with Gasteiger partial charge in [-0.25, -0.2) is 0 Å². The Balaban J connectivity index is 1.68. The topological polar surface area (TPSA) is 36.7 Å². The second kappa shape index (κ2) is 5.59. The lowest BCUT2D eigenvalue weighted by atomic mass is 10.2. The zero-order valence-corrected chi connectivity index (χ0v) is 11.7. The predicted molar refractivity (Wildman–Crippen MR) is 80.0 cm³/mol. The quantitative estimate of drug-likeness (QED) is 0.814. The van der Waals surface area contributed by atoms with Crippen molar-refractivity contribution in [2.45, 2.75) is 0 Å². The van der Waals surface area contributed by atoms with E-state index in [1.807, 2.05) is 30.3 Å². The molecule has 5 heteroatoms. The smallest absolute Gasteiger partial charge is 0.196 e. The highest BCUT2D eigenvalue weighted by molar-refractivity contribution is 6.33. The molecule has 0 bridgehead atoms. The molecule has 104 valence electrons. The molecule has 0 atom stereocenters. The Bertz CT molecular complexity index is 603. The molecule has 3 rings (SSSR count). The summed E-state index contributed by atoms with van der Waals surface area (Å²) in [5, 5.41) is 0.780. The molecule has 0 spiro atoms. The van der Waals surface area contributed by atoms with E-state index in [0.29, 0.717) is 5.76 Å². The van der Waals surface area contributed by atoms with Gasteiger partial charge in [-0.3, -0.25) is 4.79 Å². The lowest BCUT2D eigenvalue weighted by molar-refractivity contribution is 0.110. The Kier molecular flexibility index (Phi) is 3.65. The second-order valence-electron chi connectivity index (χ2n) is 4.72. The first-order chi connectivity index (χ1) is 9.78. The number of nitrogens with zero attached hydrogens (tertiary/aromatic N) is 2. The van der Waals surface area contributed by atoms with Gasteiger partial charge in [0.25, 0.3) is 0 Å². The molecule has 2 aromatic rings. The third-order valence-electron chi connectivity index (χ3n) is 3.51. The number of anilines is 2. The van der Waals surface area contributed by atoms with Crippen molar-refractivity contribution in [2.75, 3.05) is 36.0 Å². The van der Waals surface area contributed by atoms with Crippen molar-refractivity contribution in [2.24, 2.45) is 0 Å². The molecule has 0 aliphatic carbocycles. The van der Waals surface area contributed by atoms with E-state index in [0.717, 1.165) is 49.1 Å². The van der Waals surface area contributed by atoms with E-state index in [2.05, 4.69) is 9.80 Å². The summed E-state index contributed by atoms with van der Waals surface area (Å²) in [5.74, 6) is 1.12. The summed E-state index contributed by atoms with van der Waals surface area (Å²) in [5.41, 5.74) is 1.07. The summed E-state index contributed by atoms with van der Waals surface area (Å²) in [6.45, 7) is 3.44. The summed E-state index contributed by atoms with van der Waals surface area (Å²) < 4.78 is 5.45. The highest BCUT2D eigenvalue weighted by Gasteiger charge is 2.20. The van der Waals surface area contributed by atoms with Crippen LogP contribution < -0.4 is 9.80 Å². The van der Waals surface area contributed by atoms with Crippen molar-refractivity contribution in [1.82, 2.24) is 0 Å². The zero-order valence-electron chi connectivity index (χ0n) is 11.0. The molecule has 0 saturated carbocycles. The maximum absolute atomic E-state index is 10.6. The van der Waals surface area contributed by atoms with Crippen molar-refractivity contribution < 1.29 is 9.21 Å². The van der Waals surface area contributed by atoms with Gasteiger partial charge in [0.1, 0.15) is 0 Å². The number of hydrogen-bond acceptors (Lipinski definition) is 4. The molecular weight excluding hydrogens is 276 g/mol. The third-order valence-corrected chi connectivity index (χ3v) is 3.83. The van der Waals surface area contributed by atoms with Crippen LogP contribution in [-0.4, -0.2) is 32.5 Å². The molecule has 1 aliphatic rings. The maximum Gasteiger partial charge on any atom is 0.196 e. The highest BCUT2D eigenvalue weighted by Crippen LogP contribution is 2.27. The van der Waals surface area contributed by atoms with E-state index in [4.69, 9.17) is 16.0 Å². The van der Waals surface area contributed by atoms with Gasteiger partial charge in [-0.05, 0) is 18.2 Å². The summed E-state index contributed by atoms with van der Waals surface area (Å²) in [4.78, 5) is 15.0. The molecule has 1 aromatic carbocycles. The number of benzene rings is 1. The van der Waals surface area contributed by atoms with E-state index in [9.17, 15) is 4.79 Å². The number of rotatable bonds is 3. The van der Waals surface area contributed by atoms with Crippen LogP contribution in [0.25, 0.3) is 0 Å². The second-order valence-corrected chi connectivity index (χ2v) is 5.13. The van der Waals surface area contributed by atoms with Crippen molar-refractivity contribution in [3.63, 3.8) is 0 Å². The first-order valence-electron chi connectivity index (χ1n) is 6.57. The SMILES string of the molecule is O=Cc1ccc(N2CCN(c3ccccc3Cl)CC2)o1. The first kappa shape index (κ1) is 13.1. The van der Waals surface area contributed by atoms with Gasteiger partial charge in [-0.1, -0.05) is 23.7 Å². The van der Waals surface area contributed by atoms with Crippen LogP contribution in [0.5, 0.6) is 0 Å². The molecule has 2 heterocycles. The largest absolute Gasteiger partial charge is 0.438 e. The molecular formula is C15H15ClN2O2. The minimum atomic E-state index is 0.369. The summed E-state index contributed by atoms with van der Waals surface area (Å²) in [6, 6.07) is 11.4. The molecule has 4 nitrogen and oxygen atoms in total. The Morgan fingerprint density at radius 2 is 1.70 bits per heavy atom. The van der Waals surface area contributed by atoms with Gasteiger partial charge in [0, 0.05) is 32.2 Å². The Morgan fingerprint density at radius 3 is 2.35 bits per heavy atom. The van der Waals surface area contributed by atoms with E-state index >= 15 is 0 Å². The normalized spacial score (nSPS) is 15.4. The van der Waals surface area contributed by atoms with E-state index in [1.54, 1.807) is 6.07 Å². The van der Waals surface area contributed by atoms with Crippen LogP contribution >= 0.6 is 11.6 Å². The zero-order chi connectivity index (χ0) is 13.9. The van der Waals surface area contributed by atoms with Gasteiger partial charge in [0.05, 0.1) is 10.7 Å². The minimum Gasteiger partial charge on any atom is -0.438 e. The van der Waals surface area contributed by atoms with Crippen LogP contribution in [0.15, 0.2) is 40.8 Å². The summed E-state index contributed by atoms with van der Waals surface area (Å²) in [7, 11) is 0. The standard InChI is InChI=1S/C15H15ClN2O2/c16-13-3-1-2-4-14(13)17-7-9-18(10-8-17)15-6-5-12(11-19)20-15/h1-6,11H,7-10H2. The summed E-state index contributed by atoms with van der Waals surface area (Å²) in [6.07, 6.45) is 0.726. The number of carbonyl (C=O) groups excluding carboxylic acids is 1. The molecule has 0 unspecified atom stereocenters. The number of hydrogen-bond donors (Lipinski definition) is 0.